The second-order valence-corrected chi connectivity index (χ2v) is 5.08. The molecule has 124 valence electrons. The van der Waals surface area contributed by atoms with Crippen molar-refractivity contribution >= 4 is 17.8 Å². The molecule has 0 fully saturated rings. The van der Waals surface area contributed by atoms with Crippen molar-refractivity contribution in [2.75, 3.05) is 7.11 Å². The van der Waals surface area contributed by atoms with Crippen LogP contribution >= 0.6 is 0 Å². The second kappa shape index (κ2) is 7.46. The molecule has 0 aliphatic heterocycles. The summed E-state index contributed by atoms with van der Waals surface area (Å²) in [6, 6.07) is 9.58. The zero-order valence-corrected chi connectivity index (χ0v) is 13.7. The molecule has 0 atom stereocenters. The predicted molar refractivity (Wildman–Crippen MR) is 91.2 cm³/mol. The first-order chi connectivity index (χ1) is 11.5. The smallest absolute Gasteiger partial charge is 0.335 e. The van der Waals surface area contributed by atoms with Crippen molar-refractivity contribution in [3.63, 3.8) is 0 Å². The van der Waals surface area contributed by atoms with Gasteiger partial charge in [-0.3, -0.25) is 4.79 Å². The molecule has 24 heavy (non-hydrogen) atoms. The van der Waals surface area contributed by atoms with Gasteiger partial charge in [0.25, 0.3) is 0 Å². The highest BCUT2D eigenvalue weighted by Gasteiger charge is 2.14. The van der Waals surface area contributed by atoms with Crippen molar-refractivity contribution in [3.8, 4) is 17.2 Å². The summed E-state index contributed by atoms with van der Waals surface area (Å²) in [6.45, 7) is 3.36. The SMILES string of the molecule is CC=Cc1ccc(Oc2ccc(C(=O)O)cc2OC)c(C(C)=O)c1. The third-order valence-electron chi connectivity index (χ3n) is 3.37. The molecular formula is C19H18O5. The van der Waals surface area contributed by atoms with Gasteiger partial charge in [0.05, 0.1) is 18.2 Å². The lowest BCUT2D eigenvalue weighted by atomic mass is 10.1. The number of ketones is 1. The van der Waals surface area contributed by atoms with Crippen molar-refractivity contribution in [2.24, 2.45) is 0 Å². The molecule has 2 rings (SSSR count). The Labute approximate surface area is 140 Å². The third kappa shape index (κ3) is 3.81. The molecule has 5 heteroatoms. The Bertz CT molecular complexity index is 805. The first kappa shape index (κ1) is 17.3. The van der Waals surface area contributed by atoms with Crippen LogP contribution in [-0.4, -0.2) is 24.0 Å². The van der Waals surface area contributed by atoms with Crippen LogP contribution < -0.4 is 9.47 Å². The van der Waals surface area contributed by atoms with Crippen LogP contribution in [0.3, 0.4) is 0 Å². The monoisotopic (exact) mass is 326 g/mol. The Morgan fingerprint density at radius 3 is 2.33 bits per heavy atom. The van der Waals surface area contributed by atoms with Gasteiger partial charge in [0, 0.05) is 0 Å². The number of benzene rings is 2. The first-order valence-electron chi connectivity index (χ1n) is 7.33. The van der Waals surface area contributed by atoms with Crippen LogP contribution in [-0.2, 0) is 0 Å². The first-order valence-corrected chi connectivity index (χ1v) is 7.33. The maximum absolute atomic E-state index is 11.9. The number of hydrogen-bond donors (Lipinski definition) is 1. The lowest BCUT2D eigenvalue weighted by molar-refractivity contribution is 0.0696. The highest BCUT2D eigenvalue weighted by molar-refractivity contribution is 5.97. The number of aromatic carboxylic acids is 1. The van der Waals surface area contributed by atoms with E-state index in [0.717, 1.165) is 5.56 Å². The van der Waals surface area contributed by atoms with Gasteiger partial charge in [0.15, 0.2) is 17.3 Å². The van der Waals surface area contributed by atoms with E-state index in [9.17, 15) is 9.59 Å². The fourth-order valence-electron chi connectivity index (χ4n) is 2.21. The number of methoxy groups -OCH3 is 1. The van der Waals surface area contributed by atoms with E-state index in [2.05, 4.69) is 0 Å². The number of carbonyl (C=O) groups excluding carboxylic acids is 1. The summed E-state index contributed by atoms with van der Waals surface area (Å²) in [5.41, 5.74) is 1.42. The van der Waals surface area contributed by atoms with Crippen LogP contribution in [0.1, 0.15) is 40.1 Å². The molecule has 5 nitrogen and oxygen atoms in total. The van der Waals surface area contributed by atoms with Crippen LogP contribution in [0.4, 0.5) is 0 Å². The zero-order chi connectivity index (χ0) is 17.7. The van der Waals surface area contributed by atoms with E-state index in [-0.39, 0.29) is 17.1 Å². The zero-order valence-electron chi connectivity index (χ0n) is 13.7. The summed E-state index contributed by atoms with van der Waals surface area (Å²) in [4.78, 5) is 22.9. The van der Waals surface area contributed by atoms with Gasteiger partial charge < -0.3 is 14.6 Å². The average molecular weight is 326 g/mol. The normalized spacial score (nSPS) is 10.6. The average Bonchev–Trinajstić information content (AvgIpc) is 2.56. The van der Waals surface area contributed by atoms with Gasteiger partial charge in [-0.25, -0.2) is 4.79 Å². The predicted octanol–water partition coefficient (Wildman–Crippen LogP) is 4.42. The largest absolute Gasteiger partial charge is 0.493 e. The fourth-order valence-corrected chi connectivity index (χ4v) is 2.21. The molecule has 2 aromatic carbocycles. The molecule has 0 saturated carbocycles. The summed E-state index contributed by atoms with van der Waals surface area (Å²) >= 11 is 0. The number of rotatable bonds is 6. The van der Waals surface area contributed by atoms with Crippen LogP contribution in [0.5, 0.6) is 17.2 Å². The number of carbonyl (C=O) groups is 2. The van der Waals surface area contributed by atoms with Crippen molar-refractivity contribution in [2.45, 2.75) is 13.8 Å². The Morgan fingerprint density at radius 2 is 1.75 bits per heavy atom. The van der Waals surface area contributed by atoms with Gasteiger partial charge in [0.1, 0.15) is 5.75 Å². The fraction of sp³-hybridized carbons (Fsp3) is 0.158. The topological polar surface area (TPSA) is 72.8 Å². The van der Waals surface area contributed by atoms with E-state index in [1.165, 1.54) is 32.2 Å². The summed E-state index contributed by atoms with van der Waals surface area (Å²) in [5.74, 6) is -0.180. The van der Waals surface area contributed by atoms with Gasteiger partial charge in [-0.2, -0.15) is 0 Å². The number of Topliss-reactive ketones (excluding diaryl/α,β-unsaturated/α-hetero) is 1. The van der Waals surface area contributed by atoms with Crippen molar-refractivity contribution < 1.29 is 24.2 Å². The van der Waals surface area contributed by atoms with E-state index in [0.29, 0.717) is 17.1 Å². The molecule has 0 bridgehead atoms. The van der Waals surface area contributed by atoms with Gasteiger partial charge in [-0.05, 0) is 49.7 Å². The lowest BCUT2D eigenvalue weighted by Crippen LogP contribution is -2.01. The molecule has 0 heterocycles. The molecule has 0 unspecified atom stereocenters. The summed E-state index contributed by atoms with van der Waals surface area (Å²) in [6.07, 6.45) is 3.77. The Balaban J connectivity index is 2.44. The standard InChI is InChI=1S/C19H18O5/c1-4-5-13-6-8-16(15(10-13)12(2)20)24-17-9-7-14(19(21)22)11-18(17)23-3/h4-11H,1-3H3,(H,21,22). The highest BCUT2D eigenvalue weighted by atomic mass is 16.5. The Kier molecular flexibility index (Phi) is 5.37. The van der Waals surface area contributed by atoms with Gasteiger partial charge >= 0.3 is 5.97 Å². The van der Waals surface area contributed by atoms with E-state index in [4.69, 9.17) is 14.6 Å². The second-order valence-electron chi connectivity index (χ2n) is 5.08. The van der Waals surface area contributed by atoms with Crippen molar-refractivity contribution in [1.82, 2.24) is 0 Å². The molecule has 0 amide bonds. The minimum Gasteiger partial charge on any atom is -0.493 e. The molecule has 0 aliphatic carbocycles. The lowest BCUT2D eigenvalue weighted by Gasteiger charge is -2.13. The minimum atomic E-state index is -1.06. The third-order valence-corrected chi connectivity index (χ3v) is 3.37. The number of hydrogen-bond acceptors (Lipinski definition) is 4. The molecular weight excluding hydrogens is 308 g/mol. The van der Waals surface area contributed by atoms with Crippen LogP contribution in [0, 0.1) is 0 Å². The van der Waals surface area contributed by atoms with Crippen molar-refractivity contribution in [1.29, 1.82) is 0 Å². The number of carboxylic acids is 1. The molecule has 0 aliphatic rings. The van der Waals surface area contributed by atoms with Crippen molar-refractivity contribution in [3.05, 3.63) is 59.2 Å². The Morgan fingerprint density at radius 1 is 1.04 bits per heavy atom. The Hall–Kier alpha value is -3.08. The molecule has 0 spiro atoms. The van der Waals surface area contributed by atoms with Gasteiger partial charge in [-0.15, -0.1) is 0 Å². The molecule has 2 aromatic rings. The van der Waals surface area contributed by atoms with Crippen LogP contribution in [0.2, 0.25) is 0 Å². The van der Waals surface area contributed by atoms with Gasteiger partial charge in [0.2, 0.25) is 0 Å². The molecule has 1 N–H and O–H groups in total. The van der Waals surface area contributed by atoms with E-state index >= 15 is 0 Å². The summed E-state index contributed by atoms with van der Waals surface area (Å²) in [5, 5.41) is 9.04. The van der Waals surface area contributed by atoms with Crippen LogP contribution in [0.25, 0.3) is 6.08 Å². The van der Waals surface area contributed by atoms with E-state index in [1.54, 1.807) is 12.1 Å². The van der Waals surface area contributed by atoms with E-state index in [1.807, 2.05) is 25.1 Å². The van der Waals surface area contributed by atoms with Gasteiger partial charge in [-0.1, -0.05) is 18.2 Å². The van der Waals surface area contributed by atoms with E-state index < -0.39 is 5.97 Å². The highest BCUT2D eigenvalue weighted by Crippen LogP contribution is 2.34. The number of ether oxygens (including phenoxy) is 2. The molecule has 0 saturated heterocycles. The number of carboxylic acid groups (broad SMARTS) is 1. The maximum atomic E-state index is 11.9. The molecule has 0 radical (unpaired) electrons. The number of allylic oxidation sites excluding steroid dienone is 1. The molecule has 0 aromatic heterocycles. The minimum absolute atomic E-state index is 0.0921. The maximum Gasteiger partial charge on any atom is 0.335 e. The summed E-state index contributed by atoms with van der Waals surface area (Å²) < 4.78 is 11.0. The summed E-state index contributed by atoms with van der Waals surface area (Å²) in [7, 11) is 1.43. The quantitative estimate of drug-likeness (QED) is 0.795. The van der Waals surface area contributed by atoms with Crippen LogP contribution in [0.15, 0.2) is 42.5 Å².